The Morgan fingerprint density at radius 3 is 2.62 bits per heavy atom. The molecule has 6 nitrogen and oxygen atoms in total. The third kappa shape index (κ3) is 7.15. The lowest BCUT2D eigenvalue weighted by atomic mass is 9.90. The molecule has 1 aliphatic heterocycles. The molecule has 0 saturated carbocycles. The van der Waals surface area contributed by atoms with Crippen molar-refractivity contribution in [3.63, 3.8) is 0 Å². The highest BCUT2D eigenvalue weighted by Crippen LogP contribution is 2.25. The molecule has 1 aromatic rings. The van der Waals surface area contributed by atoms with Crippen molar-refractivity contribution in [1.82, 2.24) is 10.6 Å². The van der Waals surface area contributed by atoms with Crippen molar-refractivity contribution >= 4 is 32.1 Å². The second kappa shape index (κ2) is 9.08. The van der Waals surface area contributed by atoms with E-state index < -0.39 is 9.84 Å². The fraction of sp³-hybridized carbons (Fsp3) is 0.722. The highest BCUT2D eigenvalue weighted by Gasteiger charge is 2.23. The summed E-state index contributed by atoms with van der Waals surface area (Å²) in [5, 5.41) is 10.3. The molecule has 1 saturated heterocycles. The Labute approximate surface area is 162 Å². The predicted octanol–water partition coefficient (Wildman–Crippen LogP) is 2.34. The lowest BCUT2D eigenvalue weighted by Gasteiger charge is -2.34. The normalized spacial score (nSPS) is 17.4. The number of aliphatic imine (C=N–C) groups is 1. The SMILES string of the molecule is CN=C(NCC(C)(C)CCS(C)(=O)=O)NC1CCN(c2cccs2)CC1. The minimum Gasteiger partial charge on any atom is -0.363 e. The van der Waals surface area contributed by atoms with Gasteiger partial charge >= 0.3 is 0 Å². The molecule has 148 valence electrons. The number of thiophene rings is 1. The van der Waals surface area contributed by atoms with Gasteiger partial charge in [0, 0.05) is 39.0 Å². The van der Waals surface area contributed by atoms with Crippen LogP contribution in [-0.4, -0.2) is 59.1 Å². The van der Waals surface area contributed by atoms with Gasteiger partial charge in [0.25, 0.3) is 0 Å². The van der Waals surface area contributed by atoms with E-state index in [4.69, 9.17) is 0 Å². The maximum absolute atomic E-state index is 11.4. The third-order valence-electron chi connectivity index (χ3n) is 4.76. The van der Waals surface area contributed by atoms with Crippen LogP contribution < -0.4 is 15.5 Å². The van der Waals surface area contributed by atoms with Gasteiger partial charge in [-0.2, -0.15) is 0 Å². The van der Waals surface area contributed by atoms with Crippen LogP contribution in [0.5, 0.6) is 0 Å². The van der Waals surface area contributed by atoms with Gasteiger partial charge < -0.3 is 15.5 Å². The molecule has 8 heteroatoms. The van der Waals surface area contributed by atoms with Gasteiger partial charge in [0.05, 0.1) is 10.8 Å². The zero-order valence-electron chi connectivity index (χ0n) is 16.3. The van der Waals surface area contributed by atoms with Gasteiger partial charge in [0.15, 0.2) is 5.96 Å². The van der Waals surface area contributed by atoms with Crippen LogP contribution in [0.4, 0.5) is 5.00 Å². The first-order valence-electron chi connectivity index (χ1n) is 9.12. The van der Waals surface area contributed by atoms with Crippen LogP contribution in [0.3, 0.4) is 0 Å². The van der Waals surface area contributed by atoms with Crippen molar-refractivity contribution in [2.24, 2.45) is 10.4 Å². The summed E-state index contributed by atoms with van der Waals surface area (Å²) in [6.07, 6.45) is 4.08. The van der Waals surface area contributed by atoms with E-state index in [2.05, 4.69) is 51.9 Å². The molecule has 0 atom stereocenters. The number of hydrogen-bond donors (Lipinski definition) is 2. The number of anilines is 1. The minimum atomic E-state index is -2.93. The Kier molecular flexibility index (Phi) is 7.34. The standard InChI is InChI=1S/C18H32N4O2S2/c1-18(2,9-13-26(4,23)24)14-20-17(19-3)21-15-7-10-22(11-8-15)16-6-5-12-25-16/h5-6,12,15H,7-11,13-14H2,1-4H3,(H2,19,20,21). The van der Waals surface area contributed by atoms with Gasteiger partial charge in [-0.1, -0.05) is 13.8 Å². The summed E-state index contributed by atoms with van der Waals surface area (Å²) in [7, 11) is -1.15. The topological polar surface area (TPSA) is 73.8 Å². The molecule has 0 aromatic carbocycles. The molecule has 0 bridgehead atoms. The smallest absolute Gasteiger partial charge is 0.191 e. The summed E-state index contributed by atoms with van der Waals surface area (Å²) in [6.45, 7) is 6.95. The second-order valence-corrected chi connectivity index (χ2v) is 11.0. The van der Waals surface area contributed by atoms with E-state index in [-0.39, 0.29) is 11.2 Å². The van der Waals surface area contributed by atoms with E-state index in [0.29, 0.717) is 19.0 Å². The van der Waals surface area contributed by atoms with E-state index in [0.717, 1.165) is 31.9 Å². The number of hydrogen-bond acceptors (Lipinski definition) is 5. The highest BCUT2D eigenvalue weighted by atomic mass is 32.2. The molecule has 1 fully saturated rings. The third-order valence-corrected chi connectivity index (χ3v) is 6.64. The molecular formula is C18H32N4O2S2. The van der Waals surface area contributed by atoms with Gasteiger partial charge in [-0.15, -0.1) is 11.3 Å². The molecule has 2 N–H and O–H groups in total. The van der Waals surface area contributed by atoms with Gasteiger partial charge in [-0.25, -0.2) is 8.42 Å². The number of rotatable bonds is 7. The highest BCUT2D eigenvalue weighted by molar-refractivity contribution is 7.90. The van der Waals surface area contributed by atoms with Crippen LogP contribution in [0, 0.1) is 5.41 Å². The first-order chi connectivity index (χ1) is 12.2. The molecule has 0 unspecified atom stereocenters. The molecule has 1 aliphatic rings. The van der Waals surface area contributed by atoms with Crippen LogP contribution in [-0.2, 0) is 9.84 Å². The maximum Gasteiger partial charge on any atom is 0.191 e. The van der Waals surface area contributed by atoms with Crippen LogP contribution in [0.15, 0.2) is 22.5 Å². The summed E-state index contributed by atoms with van der Waals surface area (Å²) in [6, 6.07) is 4.69. The van der Waals surface area contributed by atoms with Crippen molar-refractivity contribution in [1.29, 1.82) is 0 Å². The average Bonchev–Trinajstić information content (AvgIpc) is 3.11. The predicted molar refractivity (Wildman–Crippen MR) is 112 cm³/mol. The fourth-order valence-electron chi connectivity index (χ4n) is 2.96. The average molecular weight is 401 g/mol. The Hall–Kier alpha value is -1.28. The number of nitrogens with one attached hydrogen (secondary N) is 2. The molecule has 26 heavy (non-hydrogen) atoms. The lowest BCUT2D eigenvalue weighted by molar-refractivity contribution is 0.346. The second-order valence-electron chi connectivity index (χ2n) is 7.83. The Morgan fingerprint density at radius 1 is 1.38 bits per heavy atom. The van der Waals surface area contributed by atoms with Crippen molar-refractivity contribution in [3.8, 4) is 0 Å². The summed E-state index contributed by atoms with van der Waals surface area (Å²) in [5.74, 6) is 1.02. The van der Waals surface area contributed by atoms with Gasteiger partial charge in [0.2, 0.25) is 0 Å². The minimum absolute atomic E-state index is 0.108. The van der Waals surface area contributed by atoms with Crippen LogP contribution in [0.1, 0.15) is 33.1 Å². The van der Waals surface area contributed by atoms with Gasteiger partial charge in [-0.05, 0) is 42.2 Å². The number of piperidine rings is 1. The molecule has 1 aromatic heterocycles. The van der Waals surface area contributed by atoms with Crippen molar-refractivity contribution in [3.05, 3.63) is 17.5 Å². The molecule has 2 heterocycles. The Morgan fingerprint density at radius 2 is 2.08 bits per heavy atom. The zero-order valence-corrected chi connectivity index (χ0v) is 17.9. The molecular weight excluding hydrogens is 368 g/mol. The monoisotopic (exact) mass is 400 g/mol. The van der Waals surface area contributed by atoms with Crippen LogP contribution in [0.25, 0.3) is 0 Å². The van der Waals surface area contributed by atoms with Gasteiger partial charge in [-0.3, -0.25) is 4.99 Å². The van der Waals surface area contributed by atoms with Gasteiger partial charge in [0.1, 0.15) is 9.84 Å². The van der Waals surface area contributed by atoms with Crippen molar-refractivity contribution in [2.45, 2.75) is 39.2 Å². The molecule has 0 radical (unpaired) electrons. The van der Waals surface area contributed by atoms with E-state index in [9.17, 15) is 8.42 Å². The van der Waals surface area contributed by atoms with E-state index in [1.807, 2.05) is 0 Å². The zero-order chi connectivity index (χ0) is 19.2. The summed E-state index contributed by atoms with van der Waals surface area (Å²) in [4.78, 5) is 6.77. The molecule has 0 aliphatic carbocycles. The van der Waals surface area contributed by atoms with Crippen molar-refractivity contribution < 1.29 is 8.42 Å². The van der Waals surface area contributed by atoms with Crippen LogP contribution >= 0.6 is 11.3 Å². The quantitative estimate of drug-likeness (QED) is 0.543. The number of nitrogens with zero attached hydrogens (tertiary/aromatic N) is 2. The first kappa shape index (κ1) is 21.0. The van der Waals surface area contributed by atoms with E-state index in [1.54, 1.807) is 18.4 Å². The van der Waals surface area contributed by atoms with Crippen molar-refractivity contribution in [2.75, 3.05) is 43.6 Å². The summed E-state index contributed by atoms with van der Waals surface area (Å²) >= 11 is 1.79. The number of sulfone groups is 1. The molecule has 0 amide bonds. The van der Waals surface area contributed by atoms with E-state index in [1.165, 1.54) is 11.3 Å². The molecule has 0 spiro atoms. The largest absolute Gasteiger partial charge is 0.363 e. The summed E-state index contributed by atoms with van der Waals surface area (Å²) in [5.41, 5.74) is -0.108. The summed E-state index contributed by atoms with van der Waals surface area (Å²) < 4.78 is 22.8. The van der Waals surface area contributed by atoms with E-state index >= 15 is 0 Å². The number of guanidine groups is 1. The Bertz CT molecular complexity index is 676. The molecule has 2 rings (SSSR count). The Balaban J connectivity index is 1.76. The fourth-order valence-corrected chi connectivity index (χ4v) is 4.66. The maximum atomic E-state index is 11.4. The first-order valence-corrected chi connectivity index (χ1v) is 12.1. The lowest BCUT2D eigenvalue weighted by Crippen LogP contribution is -2.50. The van der Waals surface area contributed by atoms with Crippen LogP contribution in [0.2, 0.25) is 0 Å².